The fourth-order valence-electron chi connectivity index (χ4n) is 1.23. The lowest BCUT2D eigenvalue weighted by Gasteiger charge is -1.96. The quantitative estimate of drug-likeness (QED) is 0.704. The van der Waals surface area contributed by atoms with Crippen LogP contribution in [0.1, 0.15) is 12.0 Å². The molecule has 0 amide bonds. The Kier molecular flexibility index (Phi) is 2.18. The molecule has 2 aromatic heterocycles. The third-order valence-corrected chi connectivity index (χ3v) is 1.90. The molecule has 5 heteroatoms. The van der Waals surface area contributed by atoms with E-state index in [9.17, 15) is 0 Å². The number of rotatable bonds is 3. The Hall–Kier alpha value is -1.49. The van der Waals surface area contributed by atoms with Gasteiger partial charge >= 0.3 is 0 Å². The van der Waals surface area contributed by atoms with Crippen molar-refractivity contribution in [3.8, 4) is 0 Å². The minimum atomic E-state index is 0.663. The summed E-state index contributed by atoms with van der Waals surface area (Å²) in [4.78, 5) is 4.15. The standard InChI is InChI=1S/C8H11N5/c9-3-1-2-6-4-7-8(10-5-6)12-13-11-7/h4-5H,1-3,9H2,(H,10,11,12,13). The molecule has 0 radical (unpaired) electrons. The maximum absolute atomic E-state index is 5.41. The second-order valence-electron chi connectivity index (χ2n) is 2.90. The Morgan fingerprint density at radius 2 is 2.31 bits per heavy atom. The predicted octanol–water partition coefficient (Wildman–Crippen LogP) is 0.244. The molecular formula is C8H11N5. The zero-order valence-corrected chi connectivity index (χ0v) is 7.20. The minimum Gasteiger partial charge on any atom is -0.330 e. The van der Waals surface area contributed by atoms with Crippen LogP contribution in [0.5, 0.6) is 0 Å². The highest BCUT2D eigenvalue weighted by molar-refractivity contribution is 5.68. The van der Waals surface area contributed by atoms with Crippen LogP contribution in [0.25, 0.3) is 11.2 Å². The maximum Gasteiger partial charge on any atom is 0.201 e. The van der Waals surface area contributed by atoms with Crippen molar-refractivity contribution in [2.75, 3.05) is 6.54 Å². The van der Waals surface area contributed by atoms with Gasteiger partial charge in [0.25, 0.3) is 0 Å². The normalized spacial score (nSPS) is 10.8. The van der Waals surface area contributed by atoms with Crippen LogP contribution >= 0.6 is 0 Å². The third-order valence-electron chi connectivity index (χ3n) is 1.90. The van der Waals surface area contributed by atoms with Crippen molar-refractivity contribution in [1.29, 1.82) is 0 Å². The zero-order chi connectivity index (χ0) is 9.10. The van der Waals surface area contributed by atoms with Gasteiger partial charge in [0.2, 0.25) is 5.65 Å². The molecule has 0 spiro atoms. The van der Waals surface area contributed by atoms with Crippen molar-refractivity contribution in [3.05, 3.63) is 17.8 Å². The summed E-state index contributed by atoms with van der Waals surface area (Å²) in [5, 5.41) is 10.4. The van der Waals surface area contributed by atoms with E-state index in [1.165, 1.54) is 0 Å². The number of nitrogens with one attached hydrogen (secondary N) is 1. The SMILES string of the molecule is NCCCc1cnc2n[nH]nc2c1. The van der Waals surface area contributed by atoms with Gasteiger partial charge in [-0.1, -0.05) is 0 Å². The number of aromatic amines is 1. The van der Waals surface area contributed by atoms with Crippen LogP contribution < -0.4 is 5.73 Å². The van der Waals surface area contributed by atoms with Gasteiger partial charge in [-0.15, -0.1) is 5.10 Å². The van der Waals surface area contributed by atoms with E-state index in [2.05, 4.69) is 20.4 Å². The summed E-state index contributed by atoms with van der Waals surface area (Å²) < 4.78 is 0. The topological polar surface area (TPSA) is 80.5 Å². The predicted molar refractivity (Wildman–Crippen MR) is 49.1 cm³/mol. The summed E-state index contributed by atoms with van der Waals surface area (Å²) >= 11 is 0. The van der Waals surface area contributed by atoms with Crippen molar-refractivity contribution in [1.82, 2.24) is 20.4 Å². The van der Waals surface area contributed by atoms with E-state index >= 15 is 0 Å². The molecule has 68 valence electrons. The lowest BCUT2D eigenvalue weighted by molar-refractivity contribution is 0.830. The summed E-state index contributed by atoms with van der Waals surface area (Å²) in [6.07, 6.45) is 3.75. The number of H-pyrrole nitrogens is 1. The number of fused-ring (bicyclic) bond motifs is 1. The summed E-state index contributed by atoms with van der Waals surface area (Å²) in [7, 11) is 0. The molecule has 0 aromatic carbocycles. The second-order valence-corrected chi connectivity index (χ2v) is 2.90. The molecule has 0 saturated heterocycles. The molecule has 5 nitrogen and oxygen atoms in total. The number of hydrogen-bond acceptors (Lipinski definition) is 4. The van der Waals surface area contributed by atoms with E-state index < -0.39 is 0 Å². The minimum absolute atomic E-state index is 0.663. The Balaban J connectivity index is 2.26. The van der Waals surface area contributed by atoms with Gasteiger partial charge in [0.15, 0.2) is 0 Å². The number of nitrogens with two attached hydrogens (primary N) is 1. The van der Waals surface area contributed by atoms with Crippen molar-refractivity contribution in [2.24, 2.45) is 5.73 Å². The summed E-state index contributed by atoms with van der Waals surface area (Å²) in [5.41, 5.74) is 8.05. The fourth-order valence-corrected chi connectivity index (χ4v) is 1.23. The number of aryl methyl sites for hydroxylation is 1. The largest absolute Gasteiger partial charge is 0.330 e. The number of hydrogen-bond donors (Lipinski definition) is 2. The van der Waals surface area contributed by atoms with Crippen LogP contribution in [0.3, 0.4) is 0 Å². The van der Waals surface area contributed by atoms with Crippen LogP contribution in [0, 0.1) is 0 Å². The molecule has 0 aliphatic carbocycles. The average Bonchev–Trinajstić information content (AvgIpc) is 2.61. The average molecular weight is 177 g/mol. The van der Waals surface area contributed by atoms with E-state index in [0.29, 0.717) is 12.2 Å². The maximum atomic E-state index is 5.41. The molecule has 0 aliphatic rings. The van der Waals surface area contributed by atoms with E-state index in [0.717, 1.165) is 23.9 Å². The van der Waals surface area contributed by atoms with Crippen molar-refractivity contribution >= 4 is 11.2 Å². The molecule has 0 saturated carbocycles. The number of aromatic nitrogens is 4. The van der Waals surface area contributed by atoms with E-state index in [-0.39, 0.29) is 0 Å². The lowest BCUT2D eigenvalue weighted by atomic mass is 10.1. The summed E-state index contributed by atoms with van der Waals surface area (Å²) in [6, 6.07) is 1.99. The van der Waals surface area contributed by atoms with Gasteiger partial charge in [0, 0.05) is 6.20 Å². The van der Waals surface area contributed by atoms with E-state index in [1.807, 2.05) is 12.3 Å². The smallest absolute Gasteiger partial charge is 0.201 e. The highest BCUT2D eigenvalue weighted by Gasteiger charge is 2.00. The molecule has 0 bridgehead atoms. The van der Waals surface area contributed by atoms with Gasteiger partial charge in [0.1, 0.15) is 5.52 Å². The first kappa shape index (κ1) is 8.12. The van der Waals surface area contributed by atoms with Gasteiger partial charge in [-0.3, -0.25) is 0 Å². The van der Waals surface area contributed by atoms with Gasteiger partial charge in [0.05, 0.1) is 0 Å². The molecule has 0 unspecified atom stereocenters. The zero-order valence-electron chi connectivity index (χ0n) is 7.20. The van der Waals surface area contributed by atoms with Crippen LogP contribution in [0.15, 0.2) is 12.3 Å². The van der Waals surface area contributed by atoms with Gasteiger partial charge in [-0.2, -0.15) is 10.3 Å². The summed E-state index contributed by atoms with van der Waals surface area (Å²) in [5.74, 6) is 0. The first-order chi connectivity index (χ1) is 6.40. The Bertz CT molecular complexity index is 394. The van der Waals surface area contributed by atoms with Crippen molar-refractivity contribution in [3.63, 3.8) is 0 Å². The third kappa shape index (κ3) is 1.65. The fraction of sp³-hybridized carbons (Fsp3) is 0.375. The van der Waals surface area contributed by atoms with E-state index in [4.69, 9.17) is 5.73 Å². The van der Waals surface area contributed by atoms with Crippen LogP contribution in [-0.2, 0) is 6.42 Å². The molecule has 0 fully saturated rings. The Morgan fingerprint density at radius 3 is 3.15 bits per heavy atom. The Morgan fingerprint density at radius 1 is 1.38 bits per heavy atom. The lowest BCUT2D eigenvalue weighted by Crippen LogP contribution is -2.00. The van der Waals surface area contributed by atoms with Gasteiger partial charge in [-0.25, -0.2) is 4.98 Å². The molecule has 2 rings (SSSR count). The van der Waals surface area contributed by atoms with Crippen molar-refractivity contribution < 1.29 is 0 Å². The van der Waals surface area contributed by atoms with Crippen LogP contribution in [0.4, 0.5) is 0 Å². The number of pyridine rings is 1. The van der Waals surface area contributed by atoms with E-state index in [1.54, 1.807) is 0 Å². The Labute approximate surface area is 75.4 Å². The highest BCUT2D eigenvalue weighted by Crippen LogP contribution is 2.08. The molecular weight excluding hydrogens is 166 g/mol. The number of nitrogens with zero attached hydrogens (tertiary/aromatic N) is 3. The highest BCUT2D eigenvalue weighted by atomic mass is 15.3. The molecule has 0 atom stereocenters. The van der Waals surface area contributed by atoms with Crippen LogP contribution in [0.2, 0.25) is 0 Å². The summed E-state index contributed by atoms with van der Waals surface area (Å²) in [6.45, 7) is 0.705. The molecule has 2 aromatic rings. The van der Waals surface area contributed by atoms with Gasteiger partial charge in [-0.05, 0) is 31.0 Å². The molecule has 13 heavy (non-hydrogen) atoms. The molecule has 3 N–H and O–H groups in total. The van der Waals surface area contributed by atoms with Gasteiger partial charge < -0.3 is 5.73 Å². The monoisotopic (exact) mass is 177 g/mol. The van der Waals surface area contributed by atoms with Crippen LogP contribution in [-0.4, -0.2) is 26.9 Å². The first-order valence-corrected chi connectivity index (χ1v) is 4.25. The van der Waals surface area contributed by atoms with Crippen molar-refractivity contribution in [2.45, 2.75) is 12.8 Å². The molecule has 2 heterocycles. The first-order valence-electron chi connectivity index (χ1n) is 4.25. The second kappa shape index (κ2) is 3.49. The molecule has 0 aliphatic heterocycles.